The van der Waals surface area contributed by atoms with Crippen molar-refractivity contribution >= 4 is 11.9 Å². The molecule has 0 radical (unpaired) electrons. The van der Waals surface area contributed by atoms with Gasteiger partial charge in [-0.1, -0.05) is 84.6 Å². The number of hydrogen-bond acceptors (Lipinski definition) is 4. The van der Waals surface area contributed by atoms with Gasteiger partial charge in [0.2, 0.25) is 0 Å². The number of benzene rings is 1. The maximum atomic E-state index is 12.3. The van der Waals surface area contributed by atoms with Crippen LogP contribution in [0.5, 0.6) is 0 Å². The summed E-state index contributed by atoms with van der Waals surface area (Å²) in [4.78, 5) is 24.6. The van der Waals surface area contributed by atoms with Gasteiger partial charge < -0.3 is 9.47 Å². The van der Waals surface area contributed by atoms with E-state index in [2.05, 4.69) is 20.8 Å². The molecule has 0 aromatic heterocycles. The number of carbonyl (C=O) groups excluding carboxylic acids is 2. The molecule has 1 unspecified atom stereocenters. The fraction of sp³-hybridized carbons (Fsp3) is 0.680. The van der Waals surface area contributed by atoms with Crippen LogP contribution in [0.25, 0.3) is 0 Å². The largest absolute Gasteiger partial charge is 0.462 e. The van der Waals surface area contributed by atoms with Gasteiger partial charge in [0.05, 0.1) is 24.3 Å². The summed E-state index contributed by atoms with van der Waals surface area (Å²) in [5, 5.41) is 0. The van der Waals surface area contributed by atoms with Crippen LogP contribution in [0.2, 0.25) is 0 Å². The van der Waals surface area contributed by atoms with Gasteiger partial charge in [0.1, 0.15) is 0 Å². The van der Waals surface area contributed by atoms with Crippen molar-refractivity contribution in [3.05, 3.63) is 35.4 Å². The van der Waals surface area contributed by atoms with Crippen LogP contribution in [0.15, 0.2) is 24.3 Å². The Morgan fingerprint density at radius 2 is 1.38 bits per heavy atom. The molecule has 0 aliphatic heterocycles. The highest BCUT2D eigenvalue weighted by molar-refractivity contribution is 5.95. The summed E-state index contributed by atoms with van der Waals surface area (Å²) in [7, 11) is 0. The van der Waals surface area contributed by atoms with E-state index in [0.29, 0.717) is 30.3 Å². The summed E-state index contributed by atoms with van der Waals surface area (Å²) >= 11 is 0. The Balaban J connectivity index is 2.38. The summed E-state index contributed by atoms with van der Waals surface area (Å²) in [6, 6.07) is 6.64. The third-order valence-corrected chi connectivity index (χ3v) is 5.31. The van der Waals surface area contributed by atoms with Crippen molar-refractivity contribution in [2.45, 2.75) is 91.4 Å². The van der Waals surface area contributed by atoms with Gasteiger partial charge in [-0.15, -0.1) is 0 Å². The second kappa shape index (κ2) is 16.0. The quantitative estimate of drug-likeness (QED) is 0.220. The highest BCUT2D eigenvalue weighted by atomic mass is 16.5. The van der Waals surface area contributed by atoms with Crippen LogP contribution in [0.1, 0.15) is 112 Å². The van der Waals surface area contributed by atoms with Crippen molar-refractivity contribution in [2.24, 2.45) is 5.92 Å². The Kier molecular flexibility index (Phi) is 13.9. The van der Waals surface area contributed by atoms with Crippen LogP contribution in [0.3, 0.4) is 0 Å². The summed E-state index contributed by atoms with van der Waals surface area (Å²) in [6.45, 7) is 7.36. The molecule has 0 aliphatic rings. The van der Waals surface area contributed by atoms with Crippen LogP contribution < -0.4 is 0 Å². The minimum Gasteiger partial charge on any atom is -0.462 e. The van der Waals surface area contributed by atoms with Gasteiger partial charge in [-0.3, -0.25) is 0 Å². The molecular weight excluding hydrogens is 364 g/mol. The van der Waals surface area contributed by atoms with E-state index >= 15 is 0 Å². The molecule has 0 heterocycles. The second-order valence-corrected chi connectivity index (χ2v) is 7.85. The molecule has 1 atom stereocenters. The first-order valence-corrected chi connectivity index (χ1v) is 11.6. The molecule has 1 aromatic carbocycles. The Bertz CT molecular complexity index is 582. The van der Waals surface area contributed by atoms with E-state index in [0.717, 1.165) is 38.5 Å². The molecule has 0 bridgehead atoms. The number of ether oxygens (including phenoxy) is 2. The van der Waals surface area contributed by atoms with Gasteiger partial charge in [0.25, 0.3) is 0 Å². The third-order valence-electron chi connectivity index (χ3n) is 5.31. The highest BCUT2D eigenvalue weighted by Gasteiger charge is 2.14. The summed E-state index contributed by atoms with van der Waals surface area (Å²) < 4.78 is 10.8. The van der Waals surface area contributed by atoms with E-state index < -0.39 is 0 Å². The molecule has 0 spiro atoms. The topological polar surface area (TPSA) is 52.6 Å². The molecule has 4 heteroatoms. The minimum absolute atomic E-state index is 0.373. The van der Waals surface area contributed by atoms with Crippen molar-refractivity contribution in [2.75, 3.05) is 13.2 Å². The van der Waals surface area contributed by atoms with Gasteiger partial charge in [-0.2, -0.15) is 0 Å². The second-order valence-electron chi connectivity index (χ2n) is 7.85. The zero-order chi connectivity index (χ0) is 21.3. The SMILES string of the molecule is CCCCCCCCCOC(=O)c1cccc(C(=O)OCC(CC)CCCC)c1. The smallest absolute Gasteiger partial charge is 0.338 e. The lowest BCUT2D eigenvalue weighted by molar-refractivity contribution is 0.0428. The monoisotopic (exact) mass is 404 g/mol. The van der Waals surface area contributed by atoms with Gasteiger partial charge in [0, 0.05) is 0 Å². The molecule has 0 fully saturated rings. The maximum Gasteiger partial charge on any atom is 0.338 e. The van der Waals surface area contributed by atoms with Crippen molar-refractivity contribution in [3.63, 3.8) is 0 Å². The fourth-order valence-corrected chi connectivity index (χ4v) is 3.26. The van der Waals surface area contributed by atoms with Gasteiger partial charge in [0.15, 0.2) is 0 Å². The van der Waals surface area contributed by atoms with E-state index in [1.54, 1.807) is 24.3 Å². The van der Waals surface area contributed by atoms with Crippen molar-refractivity contribution in [1.82, 2.24) is 0 Å². The van der Waals surface area contributed by atoms with E-state index in [9.17, 15) is 9.59 Å². The van der Waals surface area contributed by atoms with Gasteiger partial charge in [-0.25, -0.2) is 9.59 Å². The Morgan fingerprint density at radius 3 is 2.00 bits per heavy atom. The lowest BCUT2D eigenvalue weighted by Crippen LogP contribution is -2.15. The average Bonchev–Trinajstić information content (AvgIpc) is 2.75. The van der Waals surface area contributed by atoms with E-state index in [4.69, 9.17) is 9.47 Å². The van der Waals surface area contributed by atoms with Crippen LogP contribution >= 0.6 is 0 Å². The number of esters is 2. The number of unbranched alkanes of at least 4 members (excludes halogenated alkanes) is 7. The molecule has 0 saturated heterocycles. The van der Waals surface area contributed by atoms with Crippen molar-refractivity contribution in [3.8, 4) is 0 Å². The van der Waals surface area contributed by atoms with Crippen molar-refractivity contribution in [1.29, 1.82) is 0 Å². The Labute approximate surface area is 177 Å². The zero-order valence-electron chi connectivity index (χ0n) is 18.7. The van der Waals surface area contributed by atoms with Gasteiger partial charge >= 0.3 is 11.9 Å². The van der Waals surface area contributed by atoms with Gasteiger partial charge in [-0.05, 0) is 37.0 Å². The zero-order valence-corrected chi connectivity index (χ0v) is 18.7. The molecule has 0 amide bonds. The fourth-order valence-electron chi connectivity index (χ4n) is 3.26. The summed E-state index contributed by atoms with van der Waals surface area (Å²) in [6.07, 6.45) is 12.6. The number of hydrogen-bond donors (Lipinski definition) is 0. The molecule has 0 saturated carbocycles. The first-order valence-electron chi connectivity index (χ1n) is 11.6. The van der Waals surface area contributed by atoms with Crippen LogP contribution in [0.4, 0.5) is 0 Å². The predicted octanol–water partition coefficient (Wildman–Crippen LogP) is 6.97. The number of carbonyl (C=O) groups is 2. The third kappa shape index (κ3) is 11.1. The van der Waals surface area contributed by atoms with Crippen LogP contribution in [0, 0.1) is 5.92 Å². The molecular formula is C25H40O4. The van der Waals surface area contributed by atoms with E-state index in [1.807, 2.05) is 0 Å². The molecule has 4 nitrogen and oxygen atoms in total. The molecule has 29 heavy (non-hydrogen) atoms. The van der Waals surface area contributed by atoms with Crippen LogP contribution in [-0.2, 0) is 9.47 Å². The summed E-state index contributed by atoms with van der Waals surface area (Å²) in [5.74, 6) is -0.351. The van der Waals surface area contributed by atoms with E-state index in [1.165, 1.54) is 32.1 Å². The first kappa shape index (κ1) is 25.2. The minimum atomic E-state index is -0.375. The Morgan fingerprint density at radius 1 is 0.793 bits per heavy atom. The lowest BCUT2D eigenvalue weighted by Gasteiger charge is -2.14. The molecule has 164 valence electrons. The maximum absolute atomic E-state index is 12.3. The van der Waals surface area contributed by atoms with Crippen molar-refractivity contribution < 1.29 is 19.1 Å². The standard InChI is InChI=1S/C25H40O4/c1-4-7-9-10-11-12-13-18-28-24(26)22-16-14-17-23(19-22)25(27)29-20-21(6-3)15-8-5-2/h14,16-17,19,21H,4-13,15,18,20H2,1-3H3. The average molecular weight is 405 g/mol. The molecule has 1 rings (SSSR count). The summed E-state index contributed by atoms with van der Waals surface area (Å²) in [5.41, 5.74) is 0.807. The predicted molar refractivity (Wildman–Crippen MR) is 118 cm³/mol. The molecule has 0 aliphatic carbocycles. The van der Waals surface area contributed by atoms with E-state index in [-0.39, 0.29) is 11.9 Å². The molecule has 1 aromatic rings. The lowest BCUT2D eigenvalue weighted by atomic mass is 10.0. The highest BCUT2D eigenvalue weighted by Crippen LogP contribution is 2.15. The first-order chi connectivity index (χ1) is 14.1. The number of rotatable bonds is 16. The Hall–Kier alpha value is -1.84. The molecule has 0 N–H and O–H groups in total. The van der Waals surface area contributed by atoms with Crippen LogP contribution in [-0.4, -0.2) is 25.2 Å². The normalized spacial score (nSPS) is 11.8.